The molecule has 120 valence electrons. The van der Waals surface area contributed by atoms with E-state index in [0.717, 1.165) is 4.90 Å². The van der Waals surface area contributed by atoms with Gasteiger partial charge < -0.3 is 24.9 Å². The van der Waals surface area contributed by atoms with Gasteiger partial charge in [-0.05, 0) is 0 Å². The molecule has 0 unspecified atom stereocenters. The van der Waals surface area contributed by atoms with Gasteiger partial charge in [-0.2, -0.15) is 0 Å². The van der Waals surface area contributed by atoms with E-state index in [-0.39, 0.29) is 17.6 Å². The maximum Gasteiger partial charge on any atom is 0.359 e. The second kappa shape index (κ2) is 8.17. The molecule has 0 aliphatic heterocycles. The first-order valence-corrected chi connectivity index (χ1v) is 5.97. The topological polar surface area (TPSA) is 152 Å². The molecular formula is C11H19N2O8+. The average molecular weight is 307 g/mol. The van der Waals surface area contributed by atoms with E-state index in [4.69, 9.17) is 20.4 Å². The Balaban J connectivity index is 4.80. The van der Waals surface area contributed by atoms with Crippen LogP contribution in [-0.2, 0) is 19.2 Å². The van der Waals surface area contributed by atoms with Crippen molar-refractivity contribution in [2.24, 2.45) is 0 Å². The van der Waals surface area contributed by atoms with Gasteiger partial charge in [-0.3, -0.25) is 14.5 Å². The summed E-state index contributed by atoms with van der Waals surface area (Å²) in [6.07, 6.45) is 0. The molecule has 0 saturated heterocycles. The third kappa shape index (κ3) is 9.35. The Bertz CT molecular complexity index is 390. The van der Waals surface area contributed by atoms with Gasteiger partial charge >= 0.3 is 23.9 Å². The average Bonchev–Trinajstić information content (AvgIpc) is 2.21. The fraction of sp³-hybridized carbons (Fsp3) is 0.636. The third-order valence-corrected chi connectivity index (χ3v) is 2.71. The highest BCUT2D eigenvalue weighted by Crippen LogP contribution is 2.03. The van der Waals surface area contributed by atoms with E-state index < -0.39 is 50.1 Å². The lowest BCUT2D eigenvalue weighted by atomic mass is 10.3. The van der Waals surface area contributed by atoms with Crippen LogP contribution in [0.2, 0.25) is 0 Å². The van der Waals surface area contributed by atoms with Gasteiger partial charge in [0.2, 0.25) is 0 Å². The van der Waals surface area contributed by atoms with E-state index in [1.54, 1.807) is 0 Å². The zero-order valence-electron chi connectivity index (χ0n) is 11.6. The number of rotatable bonds is 11. The van der Waals surface area contributed by atoms with E-state index in [1.807, 2.05) is 0 Å². The summed E-state index contributed by atoms with van der Waals surface area (Å²) in [6, 6.07) is 0. The van der Waals surface area contributed by atoms with Crippen LogP contribution >= 0.6 is 0 Å². The molecule has 0 saturated carbocycles. The Morgan fingerprint density at radius 2 is 1.19 bits per heavy atom. The lowest BCUT2D eigenvalue weighted by Crippen LogP contribution is -2.54. The molecule has 0 fully saturated rings. The van der Waals surface area contributed by atoms with Gasteiger partial charge in [0, 0.05) is 6.54 Å². The molecule has 0 aromatic heterocycles. The van der Waals surface area contributed by atoms with Crippen LogP contribution in [0.25, 0.3) is 0 Å². The van der Waals surface area contributed by atoms with Gasteiger partial charge in [0.1, 0.15) is 0 Å². The van der Waals surface area contributed by atoms with E-state index >= 15 is 0 Å². The highest BCUT2D eigenvalue weighted by Gasteiger charge is 2.29. The highest BCUT2D eigenvalue weighted by molar-refractivity contribution is 5.72. The molecule has 0 aliphatic rings. The van der Waals surface area contributed by atoms with Crippen LogP contribution in [-0.4, -0.2) is 100 Å². The molecule has 0 atom stereocenters. The van der Waals surface area contributed by atoms with Crippen LogP contribution in [0.5, 0.6) is 0 Å². The van der Waals surface area contributed by atoms with Gasteiger partial charge in [-0.25, -0.2) is 9.59 Å². The Morgan fingerprint density at radius 1 is 0.810 bits per heavy atom. The van der Waals surface area contributed by atoms with Crippen molar-refractivity contribution in [3.05, 3.63) is 0 Å². The number of aliphatic carboxylic acids is 4. The highest BCUT2D eigenvalue weighted by atomic mass is 16.4. The van der Waals surface area contributed by atoms with Gasteiger partial charge in [0.15, 0.2) is 13.1 Å². The normalized spacial score (nSPS) is 11.3. The van der Waals surface area contributed by atoms with Crippen molar-refractivity contribution in [1.29, 1.82) is 0 Å². The smallest absolute Gasteiger partial charge is 0.359 e. The van der Waals surface area contributed by atoms with E-state index in [1.165, 1.54) is 7.05 Å². The lowest BCUT2D eigenvalue weighted by Gasteiger charge is -2.33. The fourth-order valence-electron chi connectivity index (χ4n) is 1.85. The Labute approximate surface area is 120 Å². The molecule has 0 amide bonds. The molecule has 0 aromatic rings. The number of hydrogen-bond acceptors (Lipinski definition) is 5. The van der Waals surface area contributed by atoms with Crippen molar-refractivity contribution in [3.8, 4) is 0 Å². The predicted octanol–water partition coefficient (Wildman–Crippen LogP) is -1.93. The molecule has 21 heavy (non-hydrogen) atoms. The minimum absolute atomic E-state index is 0.000833. The zero-order chi connectivity index (χ0) is 16.6. The fourth-order valence-corrected chi connectivity index (χ4v) is 1.85. The van der Waals surface area contributed by atoms with E-state index in [0.29, 0.717) is 0 Å². The molecule has 0 aliphatic carbocycles. The third-order valence-electron chi connectivity index (χ3n) is 2.71. The van der Waals surface area contributed by atoms with Crippen molar-refractivity contribution in [2.45, 2.75) is 0 Å². The van der Waals surface area contributed by atoms with Gasteiger partial charge in [0.05, 0.1) is 26.7 Å². The standard InChI is InChI=1S/C11H18N2O8/c1-13(6-10(18)19,7-11(20)21)3-2-12(4-8(14)15)5-9(16)17/h2-7H2,1H3,(H3-,14,15,16,17,18,19,20,21)/p+1. The minimum atomic E-state index is -1.22. The summed E-state index contributed by atoms with van der Waals surface area (Å²) >= 11 is 0. The molecule has 0 rings (SSSR count). The van der Waals surface area contributed by atoms with E-state index in [2.05, 4.69) is 0 Å². The summed E-state index contributed by atoms with van der Waals surface area (Å²) in [4.78, 5) is 44.0. The predicted molar refractivity (Wildman–Crippen MR) is 67.8 cm³/mol. The Morgan fingerprint density at radius 3 is 1.48 bits per heavy atom. The maximum atomic E-state index is 10.8. The summed E-state index contributed by atoms with van der Waals surface area (Å²) in [5.41, 5.74) is 0. The molecule has 0 heterocycles. The summed E-state index contributed by atoms with van der Waals surface area (Å²) in [6.45, 7) is -2.01. The molecule has 0 spiro atoms. The van der Waals surface area contributed by atoms with Crippen LogP contribution in [0.15, 0.2) is 0 Å². The van der Waals surface area contributed by atoms with Crippen molar-refractivity contribution >= 4 is 23.9 Å². The molecule has 0 bridgehead atoms. The number of quaternary nitrogens is 1. The number of likely N-dealkylation sites (N-methyl/N-ethyl adjacent to an activating group) is 1. The number of carbonyl (C=O) groups is 4. The number of nitrogens with zero attached hydrogens (tertiary/aromatic N) is 2. The summed E-state index contributed by atoms with van der Waals surface area (Å²) < 4.78 is -0.361. The second-order valence-electron chi connectivity index (χ2n) is 4.94. The SMILES string of the molecule is C[N+](CCN(CC(=O)O)CC(=O)O)(CC(=O)O)CC(=O)O. The van der Waals surface area contributed by atoms with Crippen LogP contribution in [0.1, 0.15) is 0 Å². The molecule has 0 radical (unpaired) electrons. The Hall–Kier alpha value is -2.20. The Kier molecular flexibility index (Phi) is 7.31. The summed E-state index contributed by atoms with van der Waals surface area (Å²) in [5.74, 6) is -4.83. The zero-order valence-corrected chi connectivity index (χ0v) is 11.6. The molecule has 0 aromatic carbocycles. The minimum Gasteiger partial charge on any atom is -0.480 e. The number of carboxylic acid groups (broad SMARTS) is 4. The quantitative estimate of drug-likeness (QED) is 0.320. The number of hydrogen-bond donors (Lipinski definition) is 4. The van der Waals surface area contributed by atoms with Crippen LogP contribution < -0.4 is 0 Å². The van der Waals surface area contributed by atoms with Gasteiger partial charge in [-0.15, -0.1) is 0 Å². The molecule has 10 heteroatoms. The molecular weight excluding hydrogens is 288 g/mol. The molecule has 4 N–H and O–H groups in total. The van der Waals surface area contributed by atoms with Crippen molar-refractivity contribution in [1.82, 2.24) is 4.90 Å². The van der Waals surface area contributed by atoms with Gasteiger partial charge in [-0.1, -0.05) is 0 Å². The van der Waals surface area contributed by atoms with Crippen LogP contribution in [0.3, 0.4) is 0 Å². The summed E-state index contributed by atoms with van der Waals surface area (Å²) in [5, 5.41) is 35.0. The van der Waals surface area contributed by atoms with Crippen molar-refractivity contribution in [3.63, 3.8) is 0 Å². The monoisotopic (exact) mass is 307 g/mol. The van der Waals surface area contributed by atoms with Crippen molar-refractivity contribution < 1.29 is 44.1 Å². The first-order valence-electron chi connectivity index (χ1n) is 5.97. The summed E-state index contributed by atoms with van der Waals surface area (Å²) in [7, 11) is 1.40. The molecule has 10 nitrogen and oxygen atoms in total. The first kappa shape index (κ1) is 18.8. The number of carboxylic acids is 4. The largest absolute Gasteiger partial charge is 0.480 e. The van der Waals surface area contributed by atoms with Crippen LogP contribution in [0.4, 0.5) is 0 Å². The second-order valence-corrected chi connectivity index (χ2v) is 4.94. The van der Waals surface area contributed by atoms with Gasteiger partial charge in [0.25, 0.3) is 0 Å². The van der Waals surface area contributed by atoms with Crippen LogP contribution in [0, 0.1) is 0 Å². The van der Waals surface area contributed by atoms with Crippen molar-refractivity contribution in [2.75, 3.05) is 46.3 Å². The first-order chi connectivity index (χ1) is 9.54. The maximum absolute atomic E-state index is 10.8. The van der Waals surface area contributed by atoms with E-state index in [9.17, 15) is 19.2 Å². The lowest BCUT2D eigenvalue weighted by molar-refractivity contribution is -0.894.